The molecule has 6 nitrogen and oxygen atoms in total. The van der Waals surface area contributed by atoms with Crippen molar-refractivity contribution in [3.63, 3.8) is 0 Å². The van der Waals surface area contributed by atoms with E-state index in [0.717, 1.165) is 6.42 Å². The van der Waals surface area contributed by atoms with Crippen LogP contribution in [-0.4, -0.2) is 35.3 Å². The topological polar surface area (TPSA) is 99.2 Å². The summed E-state index contributed by atoms with van der Waals surface area (Å²) in [6, 6.07) is 7.86. The highest BCUT2D eigenvalue weighted by molar-refractivity contribution is 5.95. The third kappa shape index (κ3) is 3.38. The SMILES string of the molecule is CC(C(=O)Nc1ccc(C#N)cc1)N1CCCC1C(N)=O. The Morgan fingerprint density at radius 3 is 2.67 bits per heavy atom. The molecule has 110 valence electrons. The number of amides is 2. The second-order valence-corrected chi connectivity index (χ2v) is 5.15. The number of benzene rings is 1. The molecule has 0 spiro atoms. The summed E-state index contributed by atoms with van der Waals surface area (Å²) in [5.41, 5.74) is 6.53. The van der Waals surface area contributed by atoms with Crippen molar-refractivity contribution in [3.05, 3.63) is 29.8 Å². The lowest BCUT2D eigenvalue weighted by Gasteiger charge is -2.27. The van der Waals surface area contributed by atoms with Gasteiger partial charge in [-0.1, -0.05) is 0 Å². The Kier molecular flexibility index (Phi) is 4.55. The van der Waals surface area contributed by atoms with Crippen molar-refractivity contribution in [1.82, 2.24) is 4.90 Å². The van der Waals surface area contributed by atoms with Crippen molar-refractivity contribution >= 4 is 17.5 Å². The van der Waals surface area contributed by atoms with Crippen LogP contribution in [0.3, 0.4) is 0 Å². The number of anilines is 1. The lowest BCUT2D eigenvalue weighted by atomic mass is 10.1. The van der Waals surface area contributed by atoms with Crippen LogP contribution < -0.4 is 11.1 Å². The van der Waals surface area contributed by atoms with E-state index in [4.69, 9.17) is 11.0 Å². The number of carbonyl (C=O) groups excluding carboxylic acids is 2. The number of primary amides is 1. The maximum atomic E-state index is 12.3. The molecule has 2 rings (SSSR count). The predicted octanol–water partition coefficient (Wildman–Crippen LogP) is 0.835. The average Bonchev–Trinajstić information content (AvgIpc) is 2.96. The van der Waals surface area contributed by atoms with Gasteiger partial charge in [-0.2, -0.15) is 5.26 Å². The van der Waals surface area contributed by atoms with Crippen molar-refractivity contribution in [2.45, 2.75) is 31.8 Å². The van der Waals surface area contributed by atoms with Gasteiger partial charge in [-0.05, 0) is 50.6 Å². The molecule has 0 aliphatic carbocycles. The number of likely N-dealkylation sites (tertiary alicyclic amines) is 1. The van der Waals surface area contributed by atoms with Crippen LogP contribution in [0, 0.1) is 11.3 Å². The van der Waals surface area contributed by atoms with Gasteiger partial charge in [-0.25, -0.2) is 0 Å². The van der Waals surface area contributed by atoms with Gasteiger partial charge in [0.05, 0.1) is 23.7 Å². The molecule has 2 amide bonds. The lowest BCUT2D eigenvalue weighted by molar-refractivity contribution is -0.126. The number of rotatable bonds is 4. The van der Waals surface area contributed by atoms with Crippen molar-refractivity contribution < 1.29 is 9.59 Å². The maximum absolute atomic E-state index is 12.3. The van der Waals surface area contributed by atoms with E-state index in [0.29, 0.717) is 24.2 Å². The van der Waals surface area contributed by atoms with E-state index in [1.807, 2.05) is 11.0 Å². The van der Waals surface area contributed by atoms with E-state index in [2.05, 4.69) is 5.32 Å². The van der Waals surface area contributed by atoms with Gasteiger partial charge >= 0.3 is 0 Å². The molecule has 0 radical (unpaired) electrons. The van der Waals surface area contributed by atoms with Gasteiger partial charge < -0.3 is 11.1 Å². The Labute approximate surface area is 123 Å². The second-order valence-electron chi connectivity index (χ2n) is 5.15. The average molecular weight is 286 g/mol. The number of nitrogens with one attached hydrogen (secondary N) is 1. The molecule has 0 bridgehead atoms. The zero-order chi connectivity index (χ0) is 15.4. The summed E-state index contributed by atoms with van der Waals surface area (Å²) in [5, 5.41) is 11.5. The first-order chi connectivity index (χ1) is 10.0. The normalized spacial score (nSPS) is 19.7. The Bertz CT molecular complexity index is 576. The quantitative estimate of drug-likeness (QED) is 0.856. The van der Waals surface area contributed by atoms with Gasteiger partial charge in [0.2, 0.25) is 11.8 Å². The Balaban J connectivity index is 2.02. The largest absolute Gasteiger partial charge is 0.368 e. The molecule has 6 heteroatoms. The van der Waals surface area contributed by atoms with Gasteiger partial charge in [-0.3, -0.25) is 14.5 Å². The van der Waals surface area contributed by atoms with E-state index in [1.54, 1.807) is 31.2 Å². The van der Waals surface area contributed by atoms with Crippen molar-refractivity contribution in [3.8, 4) is 6.07 Å². The zero-order valence-electron chi connectivity index (χ0n) is 11.9. The number of nitrogens with zero attached hydrogens (tertiary/aromatic N) is 2. The van der Waals surface area contributed by atoms with Crippen LogP contribution in [0.2, 0.25) is 0 Å². The fourth-order valence-electron chi connectivity index (χ4n) is 2.58. The first-order valence-corrected chi connectivity index (χ1v) is 6.89. The van der Waals surface area contributed by atoms with Gasteiger partial charge in [0.15, 0.2) is 0 Å². The molecule has 1 aliphatic heterocycles. The molecule has 1 heterocycles. The maximum Gasteiger partial charge on any atom is 0.241 e. The van der Waals surface area contributed by atoms with Gasteiger partial charge in [0, 0.05) is 5.69 Å². The van der Waals surface area contributed by atoms with Crippen LogP contribution in [0.15, 0.2) is 24.3 Å². The van der Waals surface area contributed by atoms with Crippen LogP contribution in [-0.2, 0) is 9.59 Å². The smallest absolute Gasteiger partial charge is 0.241 e. The predicted molar refractivity (Wildman–Crippen MR) is 78.2 cm³/mol. The van der Waals surface area contributed by atoms with Gasteiger partial charge in [0.25, 0.3) is 0 Å². The Hall–Kier alpha value is -2.39. The molecule has 21 heavy (non-hydrogen) atoms. The summed E-state index contributed by atoms with van der Waals surface area (Å²) in [6.45, 7) is 2.45. The monoisotopic (exact) mass is 286 g/mol. The Morgan fingerprint density at radius 1 is 1.43 bits per heavy atom. The van der Waals surface area contributed by atoms with E-state index < -0.39 is 6.04 Å². The van der Waals surface area contributed by atoms with Crippen molar-refractivity contribution in [2.75, 3.05) is 11.9 Å². The molecule has 2 unspecified atom stereocenters. The van der Waals surface area contributed by atoms with Crippen LogP contribution in [0.1, 0.15) is 25.3 Å². The summed E-state index contributed by atoms with van der Waals surface area (Å²) in [5.74, 6) is -0.571. The van der Waals surface area contributed by atoms with Crippen molar-refractivity contribution in [2.24, 2.45) is 5.73 Å². The summed E-state index contributed by atoms with van der Waals surface area (Å²) in [6.07, 6.45) is 1.56. The fraction of sp³-hybridized carbons (Fsp3) is 0.400. The summed E-state index contributed by atoms with van der Waals surface area (Å²) >= 11 is 0. The van der Waals surface area contributed by atoms with Crippen molar-refractivity contribution in [1.29, 1.82) is 5.26 Å². The molecule has 1 fully saturated rings. The standard InChI is InChI=1S/C15H18N4O2/c1-10(19-8-2-3-13(19)14(17)20)15(21)18-12-6-4-11(9-16)5-7-12/h4-7,10,13H,2-3,8H2,1H3,(H2,17,20)(H,18,21). The zero-order valence-corrected chi connectivity index (χ0v) is 11.9. The number of hydrogen-bond acceptors (Lipinski definition) is 4. The number of nitriles is 1. The molecule has 0 saturated carbocycles. The van der Waals surface area contributed by atoms with Crippen LogP contribution in [0.5, 0.6) is 0 Å². The minimum absolute atomic E-state index is 0.187. The molecule has 1 saturated heterocycles. The molecule has 0 aromatic heterocycles. The third-order valence-electron chi connectivity index (χ3n) is 3.78. The second kappa shape index (κ2) is 6.37. The molecular formula is C15H18N4O2. The molecule has 1 aromatic rings. The van der Waals surface area contributed by atoms with E-state index in [-0.39, 0.29) is 17.9 Å². The van der Waals surface area contributed by atoms with E-state index in [9.17, 15) is 9.59 Å². The number of nitrogens with two attached hydrogens (primary N) is 1. The number of hydrogen-bond donors (Lipinski definition) is 2. The first-order valence-electron chi connectivity index (χ1n) is 6.89. The highest BCUT2D eigenvalue weighted by atomic mass is 16.2. The fourth-order valence-corrected chi connectivity index (χ4v) is 2.58. The Morgan fingerprint density at radius 2 is 2.10 bits per heavy atom. The molecular weight excluding hydrogens is 268 g/mol. The first kappa shape index (κ1) is 15.0. The minimum atomic E-state index is -0.430. The highest BCUT2D eigenvalue weighted by Crippen LogP contribution is 2.20. The van der Waals surface area contributed by atoms with Crippen LogP contribution in [0.4, 0.5) is 5.69 Å². The molecule has 1 aliphatic rings. The minimum Gasteiger partial charge on any atom is -0.368 e. The van der Waals surface area contributed by atoms with Gasteiger partial charge in [-0.15, -0.1) is 0 Å². The molecule has 1 aromatic carbocycles. The van der Waals surface area contributed by atoms with E-state index in [1.165, 1.54) is 0 Å². The summed E-state index contributed by atoms with van der Waals surface area (Å²) < 4.78 is 0. The van der Waals surface area contributed by atoms with Gasteiger partial charge in [0.1, 0.15) is 0 Å². The van der Waals surface area contributed by atoms with Crippen LogP contribution in [0.25, 0.3) is 0 Å². The summed E-state index contributed by atoms with van der Waals surface area (Å²) in [7, 11) is 0. The third-order valence-corrected chi connectivity index (χ3v) is 3.78. The lowest BCUT2D eigenvalue weighted by Crippen LogP contribution is -2.49. The summed E-state index contributed by atoms with van der Waals surface area (Å²) in [4.78, 5) is 25.5. The number of carbonyl (C=O) groups is 2. The molecule has 2 atom stereocenters. The highest BCUT2D eigenvalue weighted by Gasteiger charge is 2.35. The molecule has 3 N–H and O–H groups in total. The van der Waals surface area contributed by atoms with Crippen LogP contribution >= 0.6 is 0 Å². The van der Waals surface area contributed by atoms with E-state index >= 15 is 0 Å².